The van der Waals surface area contributed by atoms with Crippen molar-refractivity contribution in [2.45, 2.75) is 105 Å². The summed E-state index contributed by atoms with van der Waals surface area (Å²) in [5.41, 5.74) is 24.6. The molecule has 0 saturated heterocycles. The Morgan fingerprint density at radius 3 is 1.68 bits per heavy atom. The molecule has 0 radical (unpaired) electrons. The van der Waals surface area contributed by atoms with Gasteiger partial charge in [0.2, 0.25) is 6.71 Å². The first-order valence-corrected chi connectivity index (χ1v) is 27.4. The molecule has 6 heteroatoms. The van der Waals surface area contributed by atoms with Crippen LogP contribution in [0.1, 0.15) is 105 Å². The number of nitrogens with zero attached hydrogens (tertiary/aromatic N) is 4. The van der Waals surface area contributed by atoms with Crippen molar-refractivity contribution < 1.29 is 0 Å². The molecule has 4 aliphatic heterocycles. The smallest absolute Gasteiger partial charge is 0.252 e. The number of fused-ring (bicyclic) bond motifs is 15. The Balaban J connectivity index is 1.18. The Hall–Kier alpha value is -7.69. The number of para-hydroxylation sites is 1. The second-order valence-corrected chi connectivity index (χ2v) is 26.1. The Morgan fingerprint density at radius 1 is 0.500 bits per heavy atom. The average Bonchev–Trinajstić information content (AvgIpc) is 3.91. The SMILES string of the molecule is C=C/C=C\C(=C)N1/C=C/C=C\C2=CB(c3cc4c(cc31)B1c3c(cccc3-n3c5ccc(C(C)(C)C)cc5c5cc(C(C)(C)C)cc1c53)N4c1ccccc1)c1cc(C(C)(C)C)cc3c4cc(C(C)(C)C)ccc4n2c13. The molecule has 76 heavy (non-hydrogen) atoms. The van der Waals surface area contributed by atoms with Crippen molar-refractivity contribution in [2.24, 2.45) is 0 Å². The summed E-state index contributed by atoms with van der Waals surface area (Å²) < 4.78 is 5.13. The highest BCUT2D eigenvalue weighted by atomic mass is 15.2. The zero-order valence-corrected chi connectivity index (χ0v) is 46.5. The molecule has 2 bridgehead atoms. The van der Waals surface area contributed by atoms with Crippen LogP contribution in [0.2, 0.25) is 0 Å². The van der Waals surface area contributed by atoms with Crippen molar-refractivity contribution in [2.75, 3.05) is 9.80 Å². The average molecular weight is 987 g/mol. The Morgan fingerprint density at radius 2 is 1.07 bits per heavy atom. The summed E-state index contributed by atoms with van der Waals surface area (Å²) in [7, 11) is 0. The molecule has 4 nitrogen and oxygen atoms in total. The van der Waals surface area contributed by atoms with E-state index >= 15 is 0 Å². The minimum absolute atomic E-state index is 0.00359. The third kappa shape index (κ3) is 7.12. The summed E-state index contributed by atoms with van der Waals surface area (Å²) in [5.74, 6) is 2.54. The van der Waals surface area contributed by atoms with Crippen LogP contribution in [-0.2, 0) is 21.7 Å². The first-order valence-electron chi connectivity index (χ1n) is 27.4. The molecule has 0 fully saturated rings. The third-order valence-corrected chi connectivity index (χ3v) is 17.0. The number of allylic oxidation sites excluding steroid dienone is 7. The van der Waals surface area contributed by atoms with Crippen LogP contribution in [0.15, 0.2) is 189 Å². The maximum atomic E-state index is 4.80. The highest BCUT2D eigenvalue weighted by Crippen LogP contribution is 2.45. The van der Waals surface area contributed by atoms with Gasteiger partial charge < -0.3 is 18.9 Å². The summed E-state index contributed by atoms with van der Waals surface area (Å²) in [4.78, 5) is 4.89. The van der Waals surface area contributed by atoms with E-state index in [9.17, 15) is 0 Å². The Kier molecular flexibility index (Phi) is 10.4. The predicted molar refractivity (Wildman–Crippen MR) is 333 cm³/mol. The lowest BCUT2D eigenvalue weighted by atomic mass is 9.32. The fourth-order valence-electron chi connectivity index (χ4n) is 12.9. The molecule has 0 spiro atoms. The molecule has 0 amide bonds. The van der Waals surface area contributed by atoms with E-state index < -0.39 is 0 Å². The highest BCUT2D eigenvalue weighted by Gasteiger charge is 2.45. The number of benzene rings is 7. The van der Waals surface area contributed by atoms with E-state index in [1.54, 1.807) is 0 Å². The molecule has 0 atom stereocenters. The van der Waals surface area contributed by atoms with Crippen molar-refractivity contribution in [1.29, 1.82) is 0 Å². The van der Waals surface area contributed by atoms with Gasteiger partial charge in [0, 0.05) is 78.6 Å². The highest BCUT2D eigenvalue weighted by molar-refractivity contribution is 7.01. The lowest BCUT2D eigenvalue weighted by Crippen LogP contribution is -2.61. The molecular formula is C70H68B2N4. The van der Waals surface area contributed by atoms with Crippen molar-refractivity contribution in [3.05, 3.63) is 211 Å². The van der Waals surface area contributed by atoms with Crippen LogP contribution in [-0.4, -0.2) is 22.6 Å². The fraction of sp³-hybridized carbons (Fsp3) is 0.229. The van der Waals surface area contributed by atoms with E-state index in [0.717, 1.165) is 17.1 Å². The largest absolute Gasteiger partial charge is 0.318 e. The summed E-state index contributed by atoms with van der Waals surface area (Å²) >= 11 is 0. The van der Waals surface area contributed by atoms with Crippen molar-refractivity contribution in [3.8, 4) is 5.69 Å². The van der Waals surface area contributed by atoms with Gasteiger partial charge in [-0.25, -0.2) is 0 Å². The molecule has 0 unspecified atom stereocenters. The van der Waals surface area contributed by atoms with Crippen molar-refractivity contribution >= 4 is 113 Å². The summed E-state index contributed by atoms with van der Waals surface area (Å²) in [6.07, 6.45) is 14.8. The van der Waals surface area contributed by atoms with Crippen LogP contribution in [0.4, 0.5) is 22.7 Å². The third-order valence-electron chi connectivity index (χ3n) is 17.0. The number of hydrogen-bond acceptors (Lipinski definition) is 2. The van der Waals surface area contributed by atoms with E-state index in [2.05, 4.69) is 266 Å². The Labute approximate surface area is 450 Å². The number of hydrogen-bond donors (Lipinski definition) is 0. The zero-order chi connectivity index (χ0) is 53.1. The second-order valence-electron chi connectivity index (χ2n) is 26.1. The molecule has 0 saturated carbocycles. The zero-order valence-electron chi connectivity index (χ0n) is 46.5. The monoisotopic (exact) mass is 987 g/mol. The van der Waals surface area contributed by atoms with Gasteiger partial charge in [-0.2, -0.15) is 0 Å². The van der Waals surface area contributed by atoms with Crippen molar-refractivity contribution in [3.63, 3.8) is 0 Å². The van der Waals surface area contributed by atoms with Crippen LogP contribution in [0.5, 0.6) is 0 Å². The number of anilines is 4. The molecule has 0 N–H and O–H groups in total. The molecule has 2 aromatic heterocycles. The first-order chi connectivity index (χ1) is 36.1. The van der Waals surface area contributed by atoms with Crippen LogP contribution in [0, 0.1) is 0 Å². The van der Waals surface area contributed by atoms with Crippen LogP contribution < -0.4 is 37.1 Å². The number of aromatic nitrogens is 2. The first kappa shape index (κ1) is 48.0. The van der Waals surface area contributed by atoms with Crippen molar-refractivity contribution in [1.82, 2.24) is 9.13 Å². The molecule has 0 aliphatic carbocycles. The van der Waals surface area contributed by atoms with E-state index in [0.29, 0.717) is 0 Å². The van der Waals surface area contributed by atoms with Gasteiger partial charge in [0.1, 0.15) is 0 Å². The summed E-state index contributed by atoms with van der Waals surface area (Å²) in [6.45, 7) is 36.8. The molecule has 13 rings (SSSR count). The topological polar surface area (TPSA) is 16.3 Å². The lowest BCUT2D eigenvalue weighted by molar-refractivity contribution is 0.590. The normalized spacial score (nSPS) is 15.9. The van der Waals surface area contributed by atoms with Crippen LogP contribution in [0.25, 0.3) is 55.0 Å². The second kappa shape index (κ2) is 16.4. The molecule has 374 valence electrons. The van der Waals surface area contributed by atoms with E-state index in [-0.39, 0.29) is 35.1 Å². The minimum Gasteiger partial charge on any atom is -0.318 e. The number of rotatable bonds is 4. The van der Waals surface area contributed by atoms with Gasteiger partial charge >= 0.3 is 0 Å². The van der Waals surface area contributed by atoms with E-state index in [1.165, 1.54) is 116 Å². The molecular weight excluding hydrogens is 918 g/mol. The van der Waals surface area contributed by atoms with Crippen LogP contribution >= 0.6 is 0 Å². The molecule has 7 aromatic carbocycles. The quantitative estimate of drug-likeness (QED) is 0.129. The minimum atomic E-state index is -0.124. The van der Waals surface area contributed by atoms with Gasteiger partial charge in [0.15, 0.2) is 0 Å². The maximum Gasteiger partial charge on any atom is 0.252 e. The van der Waals surface area contributed by atoms with Gasteiger partial charge in [-0.15, -0.1) is 0 Å². The predicted octanol–water partition coefficient (Wildman–Crippen LogP) is 14.8. The molecule has 4 aliphatic rings. The summed E-state index contributed by atoms with van der Waals surface area (Å²) in [5, 5.41) is 5.22. The van der Waals surface area contributed by atoms with E-state index in [4.69, 9.17) is 6.58 Å². The van der Waals surface area contributed by atoms with Crippen LogP contribution in [0.3, 0.4) is 0 Å². The van der Waals surface area contributed by atoms with Gasteiger partial charge in [-0.1, -0.05) is 169 Å². The molecule has 9 aromatic rings. The molecule has 6 heterocycles. The van der Waals surface area contributed by atoms with Gasteiger partial charge in [-0.3, -0.25) is 0 Å². The summed E-state index contributed by atoms with van der Waals surface area (Å²) in [6, 6.07) is 47.7. The van der Waals surface area contributed by atoms with Gasteiger partial charge in [0.05, 0.1) is 11.0 Å². The Bertz CT molecular complexity index is 4140. The van der Waals surface area contributed by atoms with E-state index in [1.807, 2.05) is 12.2 Å². The standard InChI is InChI=1S/C70H68B2N4/c1-15-16-23-43(2)73-33-21-20-26-49-42-71(56-38-46(69(9,10)11)36-52-50-34-44(67(3,4)5)29-31-58(50)75(49)65(52)56)54-40-63-55(41-62(54)73)72-57-39-47(70(12,13)14)37-53-51-35-45(68(6,7)8)30-32-59(51)76(66(53)57)61-28-22-27-60(64(61)72)74(63)48-24-18-17-19-25-48/h15-42H,1-2H2,3-14H3/b23-16-,26-20-,33-21+. The van der Waals surface area contributed by atoms with Gasteiger partial charge in [-0.05, 0) is 162 Å². The lowest BCUT2D eigenvalue weighted by Gasteiger charge is -2.42. The maximum absolute atomic E-state index is 4.80. The van der Waals surface area contributed by atoms with Gasteiger partial charge in [0.25, 0.3) is 6.71 Å². The fourth-order valence-corrected chi connectivity index (χ4v) is 12.9.